The SMILES string of the molecule is COCCn1c(CN)nnc1Cc1cccc(Cl)c1. The van der Waals surface area contributed by atoms with E-state index in [0.29, 0.717) is 26.1 Å². The molecule has 2 rings (SSSR count). The lowest BCUT2D eigenvalue weighted by molar-refractivity contribution is 0.185. The van der Waals surface area contributed by atoms with Crippen LogP contribution in [0, 0.1) is 0 Å². The second-order valence-electron chi connectivity index (χ2n) is 4.19. The van der Waals surface area contributed by atoms with Crippen LogP contribution in [0.1, 0.15) is 17.2 Å². The minimum Gasteiger partial charge on any atom is -0.383 e. The maximum absolute atomic E-state index is 5.98. The van der Waals surface area contributed by atoms with Crippen LogP contribution in [-0.4, -0.2) is 28.5 Å². The van der Waals surface area contributed by atoms with Crippen LogP contribution in [0.2, 0.25) is 5.02 Å². The fourth-order valence-electron chi connectivity index (χ4n) is 1.92. The van der Waals surface area contributed by atoms with Crippen molar-refractivity contribution in [3.8, 4) is 0 Å². The first-order valence-electron chi connectivity index (χ1n) is 6.09. The van der Waals surface area contributed by atoms with Crippen molar-refractivity contribution >= 4 is 11.6 Å². The maximum atomic E-state index is 5.98. The highest BCUT2D eigenvalue weighted by molar-refractivity contribution is 6.30. The quantitative estimate of drug-likeness (QED) is 0.873. The van der Waals surface area contributed by atoms with Crippen LogP contribution in [0.3, 0.4) is 0 Å². The first-order valence-corrected chi connectivity index (χ1v) is 6.46. The number of benzene rings is 1. The van der Waals surface area contributed by atoms with Crippen LogP contribution in [-0.2, 0) is 24.2 Å². The number of halogens is 1. The topological polar surface area (TPSA) is 66.0 Å². The molecule has 2 N–H and O–H groups in total. The van der Waals surface area contributed by atoms with Gasteiger partial charge in [0.25, 0.3) is 0 Å². The molecular formula is C13H17ClN4O. The van der Waals surface area contributed by atoms with Gasteiger partial charge in [-0.3, -0.25) is 0 Å². The van der Waals surface area contributed by atoms with E-state index < -0.39 is 0 Å². The molecule has 5 nitrogen and oxygen atoms in total. The zero-order valence-corrected chi connectivity index (χ0v) is 11.6. The zero-order valence-electron chi connectivity index (χ0n) is 10.8. The number of hydrogen-bond donors (Lipinski definition) is 1. The fourth-order valence-corrected chi connectivity index (χ4v) is 2.14. The van der Waals surface area contributed by atoms with Crippen LogP contribution in [0.15, 0.2) is 24.3 Å². The number of hydrogen-bond acceptors (Lipinski definition) is 4. The van der Waals surface area contributed by atoms with Gasteiger partial charge in [0.05, 0.1) is 13.2 Å². The largest absolute Gasteiger partial charge is 0.383 e. The molecule has 102 valence electrons. The third kappa shape index (κ3) is 3.53. The van der Waals surface area contributed by atoms with Crippen molar-refractivity contribution in [2.45, 2.75) is 19.5 Å². The molecule has 0 fully saturated rings. The van der Waals surface area contributed by atoms with Crippen molar-refractivity contribution in [1.82, 2.24) is 14.8 Å². The van der Waals surface area contributed by atoms with Gasteiger partial charge in [-0.25, -0.2) is 0 Å². The Morgan fingerprint density at radius 2 is 2.11 bits per heavy atom. The molecule has 1 aromatic heterocycles. The normalized spacial score (nSPS) is 10.9. The Labute approximate surface area is 117 Å². The van der Waals surface area contributed by atoms with E-state index >= 15 is 0 Å². The summed E-state index contributed by atoms with van der Waals surface area (Å²) in [5, 5.41) is 9.03. The molecule has 19 heavy (non-hydrogen) atoms. The summed E-state index contributed by atoms with van der Waals surface area (Å²) in [6, 6.07) is 7.73. The Morgan fingerprint density at radius 3 is 2.79 bits per heavy atom. The van der Waals surface area contributed by atoms with Crippen molar-refractivity contribution in [2.24, 2.45) is 5.73 Å². The van der Waals surface area contributed by atoms with E-state index in [9.17, 15) is 0 Å². The van der Waals surface area contributed by atoms with Gasteiger partial charge in [0, 0.05) is 25.1 Å². The Balaban J connectivity index is 2.21. The number of nitrogens with zero attached hydrogens (tertiary/aromatic N) is 3. The molecular weight excluding hydrogens is 264 g/mol. The molecule has 0 saturated heterocycles. The molecule has 0 aliphatic rings. The van der Waals surface area contributed by atoms with Gasteiger partial charge in [-0.1, -0.05) is 23.7 Å². The average molecular weight is 281 g/mol. The van der Waals surface area contributed by atoms with Crippen LogP contribution in [0.4, 0.5) is 0 Å². The van der Waals surface area contributed by atoms with Crippen LogP contribution < -0.4 is 5.73 Å². The van der Waals surface area contributed by atoms with Gasteiger partial charge in [0.2, 0.25) is 0 Å². The summed E-state index contributed by atoms with van der Waals surface area (Å²) in [7, 11) is 1.67. The third-order valence-electron chi connectivity index (χ3n) is 2.86. The summed E-state index contributed by atoms with van der Waals surface area (Å²) in [5.41, 5.74) is 6.77. The number of aromatic nitrogens is 3. The van der Waals surface area contributed by atoms with Crippen molar-refractivity contribution in [1.29, 1.82) is 0 Å². The number of nitrogens with two attached hydrogens (primary N) is 1. The molecule has 0 bridgehead atoms. The van der Waals surface area contributed by atoms with Crippen molar-refractivity contribution in [3.63, 3.8) is 0 Å². The lowest BCUT2D eigenvalue weighted by atomic mass is 10.1. The molecule has 0 unspecified atom stereocenters. The van der Waals surface area contributed by atoms with Crippen LogP contribution >= 0.6 is 11.6 Å². The van der Waals surface area contributed by atoms with Gasteiger partial charge >= 0.3 is 0 Å². The van der Waals surface area contributed by atoms with E-state index in [1.54, 1.807) is 7.11 Å². The summed E-state index contributed by atoms with van der Waals surface area (Å²) in [6.45, 7) is 1.67. The highest BCUT2D eigenvalue weighted by atomic mass is 35.5. The summed E-state index contributed by atoms with van der Waals surface area (Å²) < 4.78 is 7.11. The molecule has 0 atom stereocenters. The molecule has 1 heterocycles. The molecule has 0 amide bonds. The van der Waals surface area contributed by atoms with Crippen LogP contribution in [0.25, 0.3) is 0 Å². The monoisotopic (exact) mass is 280 g/mol. The molecule has 2 aromatic rings. The standard InChI is InChI=1S/C13H17ClN4O/c1-19-6-5-18-12(16-17-13(18)9-15)8-10-3-2-4-11(14)7-10/h2-4,7H,5-6,8-9,15H2,1H3. The van der Waals surface area contributed by atoms with E-state index in [-0.39, 0.29) is 0 Å². The predicted octanol–water partition coefficient (Wildman–Crippen LogP) is 1.63. The predicted molar refractivity (Wildman–Crippen MR) is 74.0 cm³/mol. The number of methoxy groups -OCH3 is 1. The third-order valence-corrected chi connectivity index (χ3v) is 3.09. The van der Waals surface area contributed by atoms with Gasteiger partial charge in [-0.15, -0.1) is 10.2 Å². The first-order chi connectivity index (χ1) is 9.24. The van der Waals surface area contributed by atoms with Crippen LogP contribution in [0.5, 0.6) is 0 Å². The van der Waals surface area contributed by atoms with Gasteiger partial charge in [-0.05, 0) is 17.7 Å². The highest BCUT2D eigenvalue weighted by Gasteiger charge is 2.11. The van der Waals surface area contributed by atoms with Crippen molar-refractivity contribution < 1.29 is 4.74 Å². The molecule has 0 aliphatic carbocycles. The lowest BCUT2D eigenvalue weighted by Crippen LogP contribution is -2.14. The molecule has 1 aromatic carbocycles. The Kier molecular flexibility index (Phi) is 4.90. The van der Waals surface area contributed by atoms with Gasteiger partial charge in [0.1, 0.15) is 11.6 Å². The number of rotatable bonds is 6. The Bertz CT molecular complexity index is 541. The average Bonchev–Trinajstić information content (AvgIpc) is 2.78. The second kappa shape index (κ2) is 6.65. The molecule has 0 radical (unpaired) electrons. The van der Waals surface area contributed by atoms with Crippen molar-refractivity contribution in [2.75, 3.05) is 13.7 Å². The van der Waals surface area contributed by atoms with Gasteiger partial charge in [0.15, 0.2) is 0 Å². The highest BCUT2D eigenvalue weighted by Crippen LogP contribution is 2.14. The first kappa shape index (κ1) is 14.0. The smallest absolute Gasteiger partial charge is 0.146 e. The number of ether oxygens (including phenoxy) is 1. The minimum atomic E-state index is 0.367. The van der Waals surface area contributed by atoms with E-state index in [2.05, 4.69) is 10.2 Å². The molecule has 0 saturated carbocycles. The summed E-state index contributed by atoms with van der Waals surface area (Å²) in [6.07, 6.45) is 0.678. The summed E-state index contributed by atoms with van der Waals surface area (Å²) in [4.78, 5) is 0. The fraction of sp³-hybridized carbons (Fsp3) is 0.385. The van der Waals surface area contributed by atoms with E-state index in [1.165, 1.54) is 0 Å². The maximum Gasteiger partial charge on any atom is 0.146 e. The molecule has 0 spiro atoms. The van der Waals surface area contributed by atoms with Gasteiger partial charge in [-0.2, -0.15) is 0 Å². The van der Waals surface area contributed by atoms with Crippen molar-refractivity contribution in [3.05, 3.63) is 46.5 Å². The van der Waals surface area contributed by atoms with E-state index in [1.807, 2.05) is 28.8 Å². The summed E-state index contributed by atoms with van der Waals surface area (Å²) in [5.74, 6) is 1.65. The summed E-state index contributed by atoms with van der Waals surface area (Å²) >= 11 is 5.98. The Hall–Kier alpha value is -1.43. The lowest BCUT2D eigenvalue weighted by Gasteiger charge is -2.09. The van der Waals surface area contributed by atoms with E-state index in [0.717, 1.165) is 22.2 Å². The van der Waals surface area contributed by atoms with E-state index in [4.69, 9.17) is 22.1 Å². The van der Waals surface area contributed by atoms with Gasteiger partial charge < -0.3 is 15.0 Å². The molecule has 6 heteroatoms. The zero-order chi connectivity index (χ0) is 13.7. The Morgan fingerprint density at radius 1 is 1.32 bits per heavy atom. The molecule has 0 aliphatic heterocycles. The second-order valence-corrected chi connectivity index (χ2v) is 4.62. The minimum absolute atomic E-state index is 0.367.